The van der Waals surface area contributed by atoms with Crippen molar-refractivity contribution in [2.45, 2.75) is 33.7 Å². The average molecular weight is 436 g/mol. The normalized spacial score (nSPS) is 12.7. The lowest BCUT2D eigenvalue weighted by Crippen LogP contribution is -2.39. The second kappa shape index (κ2) is 11.6. The number of nitrogens with one attached hydrogen (secondary N) is 2. The number of rotatable bonds is 7. The van der Waals surface area contributed by atoms with Crippen LogP contribution in [0.3, 0.4) is 0 Å². The second-order valence-electron chi connectivity index (χ2n) is 5.53. The predicted octanol–water partition coefficient (Wildman–Crippen LogP) is 3.32. The number of hydrogen-bond acceptors (Lipinski definition) is 2. The molecule has 1 atom stereocenters. The zero-order valence-corrected chi connectivity index (χ0v) is 17.1. The Morgan fingerprint density at radius 2 is 2.04 bits per heavy atom. The molecule has 0 bridgehead atoms. The molecule has 1 unspecified atom stereocenters. The van der Waals surface area contributed by atoms with Crippen LogP contribution in [0.25, 0.3) is 0 Å². The van der Waals surface area contributed by atoms with Crippen molar-refractivity contribution in [1.82, 2.24) is 15.5 Å². The molecule has 0 saturated carbocycles. The Hall–Kier alpha value is -0.890. The zero-order valence-electron chi connectivity index (χ0n) is 14.8. The maximum Gasteiger partial charge on any atom is 0.191 e. The summed E-state index contributed by atoms with van der Waals surface area (Å²) in [4.78, 5) is 6.78. The number of benzene rings is 1. The fourth-order valence-corrected chi connectivity index (χ4v) is 1.98. The van der Waals surface area contributed by atoms with Gasteiger partial charge in [-0.3, -0.25) is 4.99 Å². The minimum Gasteiger partial charge on any atom is -0.357 e. The maximum absolute atomic E-state index is 13.7. The van der Waals surface area contributed by atoms with E-state index in [0.717, 1.165) is 37.7 Å². The van der Waals surface area contributed by atoms with Crippen molar-refractivity contribution in [3.63, 3.8) is 0 Å². The molecule has 0 spiro atoms. The topological polar surface area (TPSA) is 39.7 Å². The van der Waals surface area contributed by atoms with E-state index < -0.39 is 0 Å². The Kier molecular flexibility index (Phi) is 11.2. The van der Waals surface area contributed by atoms with Crippen molar-refractivity contribution >= 4 is 29.9 Å². The van der Waals surface area contributed by atoms with Crippen LogP contribution < -0.4 is 10.6 Å². The van der Waals surface area contributed by atoms with Crippen LogP contribution in [0.15, 0.2) is 23.2 Å². The first-order chi connectivity index (χ1) is 10.5. The molecule has 0 amide bonds. The van der Waals surface area contributed by atoms with Crippen molar-refractivity contribution in [2.24, 2.45) is 4.99 Å². The number of guanidine groups is 1. The van der Waals surface area contributed by atoms with Gasteiger partial charge < -0.3 is 15.5 Å². The number of aryl methyl sites for hydroxylation is 1. The molecule has 0 heterocycles. The quantitative estimate of drug-likeness (QED) is 0.392. The van der Waals surface area contributed by atoms with Gasteiger partial charge in [0.15, 0.2) is 5.96 Å². The summed E-state index contributed by atoms with van der Waals surface area (Å²) >= 11 is 0. The summed E-state index contributed by atoms with van der Waals surface area (Å²) in [6.07, 6.45) is 0. The smallest absolute Gasteiger partial charge is 0.191 e. The van der Waals surface area contributed by atoms with Crippen LogP contribution in [0.2, 0.25) is 0 Å². The van der Waals surface area contributed by atoms with Crippen molar-refractivity contribution in [1.29, 1.82) is 0 Å². The van der Waals surface area contributed by atoms with Crippen LogP contribution >= 0.6 is 24.0 Å². The van der Waals surface area contributed by atoms with Crippen molar-refractivity contribution in [3.8, 4) is 0 Å². The van der Waals surface area contributed by atoms with E-state index in [-0.39, 0.29) is 35.8 Å². The molecule has 1 rings (SSSR count). The van der Waals surface area contributed by atoms with Gasteiger partial charge in [-0.15, -0.1) is 24.0 Å². The molecule has 0 aliphatic rings. The van der Waals surface area contributed by atoms with E-state index in [4.69, 9.17) is 0 Å². The van der Waals surface area contributed by atoms with Gasteiger partial charge in [0.05, 0.1) is 12.6 Å². The van der Waals surface area contributed by atoms with Gasteiger partial charge in [0.2, 0.25) is 0 Å². The van der Waals surface area contributed by atoms with E-state index in [1.807, 2.05) is 26.0 Å². The summed E-state index contributed by atoms with van der Waals surface area (Å²) < 4.78 is 13.7. The Morgan fingerprint density at radius 1 is 1.35 bits per heavy atom. The molecule has 0 fully saturated rings. The van der Waals surface area contributed by atoms with Crippen LogP contribution in [-0.4, -0.2) is 44.1 Å². The lowest BCUT2D eigenvalue weighted by Gasteiger charge is -2.19. The molecule has 0 saturated heterocycles. The van der Waals surface area contributed by atoms with Gasteiger partial charge in [-0.25, -0.2) is 4.39 Å². The van der Waals surface area contributed by atoms with E-state index in [2.05, 4.69) is 34.5 Å². The fraction of sp³-hybridized carbons (Fsp3) is 0.588. The van der Waals surface area contributed by atoms with Crippen LogP contribution in [0.1, 0.15) is 37.9 Å². The van der Waals surface area contributed by atoms with Gasteiger partial charge in [0, 0.05) is 13.1 Å². The highest BCUT2D eigenvalue weighted by Gasteiger charge is 2.09. The molecule has 1 aromatic carbocycles. The van der Waals surface area contributed by atoms with Crippen molar-refractivity contribution in [3.05, 3.63) is 35.1 Å². The highest BCUT2D eigenvalue weighted by Crippen LogP contribution is 2.16. The summed E-state index contributed by atoms with van der Waals surface area (Å²) in [6, 6.07) is 5.34. The van der Waals surface area contributed by atoms with E-state index in [0.29, 0.717) is 5.56 Å². The minimum atomic E-state index is -0.169. The van der Waals surface area contributed by atoms with Crippen LogP contribution in [0, 0.1) is 12.7 Å². The molecular weight excluding hydrogens is 406 g/mol. The summed E-state index contributed by atoms with van der Waals surface area (Å²) in [5.41, 5.74) is 1.58. The van der Waals surface area contributed by atoms with E-state index >= 15 is 0 Å². The summed E-state index contributed by atoms with van der Waals surface area (Å²) in [5.74, 6) is 0.596. The molecule has 0 radical (unpaired) electrons. The Morgan fingerprint density at radius 3 is 2.61 bits per heavy atom. The molecule has 0 aromatic heterocycles. The number of halogens is 2. The average Bonchev–Trinajstić information content (AvgIpc) is 2.49. The fourth-order valence-electron chi connectivity index (χ4n) is 1.98. The molecule has 1 aromatic rings. The van der Waals surface area contributed by atoms with Crippen LogP contribution in [-0.2, 0) is 0 Å². The van der Waals surface area contributed by atoms with Gasteiger partial charge in [-0.1, -0.05) is 19.1 Å². The largest absolute Gasteiger partial charge is 0.357 e. The minimum absolute atomic E-state index is 0. The first-order valence-electron chi connectivity index (χ1n) is 7.97. The van der Waals surface area contributed by atoms with Gasteiger partial charge in [-0.05, 0) is 51.6 Å². The lowest BCUT2D eigenvalue weighted by atomic mass is 10.1. The van der Waals surface area contributed by atoms with Crippen molar-refractivity contribution < 1.29 is 4.39 Å². The highest BCUT2D eigenvalue weighted by atomic mass is 127. The van der Waals surface area contributed by atoms with E-state index in [9.17, 15) is 4.39 Å². The Bertz CT molecular complexity index is 493. The second-order valence-corrected chi connectivity index (χ2v) is 5.53. The van der Waals surface area contributed by atoms with Crippen LogP contribution in [0.5, 0.6) is 0 Å². The third-order valence-electron chi connectivity index (χ3n) is 3.68. The monoisotopic (exact) mass is 436 g/mol. The highest BCUT2D eigenvalue weighted by molar-refractivity contribution is 14.0. The zero-order chi connectivity index (χ0) is 16.5. The summed E-state index contributed by atoms with van der Waals surface area (Å²) in [5, 5.41) is 6.55. The molecule has 132 valence electrons. The predicted molar refractivity (Wildman–Crippen MR) is 107 cm³/mol. The van der Waals surface area contributed by atoms with Gasteiger partial charge in [-0.2, -0.15) is 0 Å². The Labute approximate surface area is 157 Å². The van der Waals surface area contributed by atoms with E-state index in [1.165, 1.54) is 0 Å². The first kappa shape index (κ1) is 22.1. The molecule has 2 N–H and O–H groups in total. The molecule has 0 aliphatic heterocycles. The Balaban J connectivity index is 0.00000484. The van der Waals surface area contributed by atoms with Gasteiger partial charge in [0.25, 0.3) is 0 Å². The molecule has 0 aliphatic carbocycles. The maximum atomic E-state index is 13.7. The molecule has 4 nitrogen and oxygen atoms in total. The summed E-state index contributed by atoms with van der Waals surface area (Å²) in [6.45, 7) is 11.4. The molecule has 6 heteroatoms. The number of likely N-dealkylation sites (N-methyl/N-ethyl adjacent to an activating group) is 1. The first-order valence-corrected chi connectivity index (χ1v) is 7.97. The number of nitrogens with zero attached hydrogens (tertiary/aromatic N) is 2. The SMILES string of the molecule is CCNC(=NCCN(C)CC)NC(C)c1ccc(C)c(F)c1.I. The molecular formula is C17H30FIN4. The standard InChI is InChI=1S/C17H29FN4.HI/c1-6-19-17(20-10-11-22(5)7-2)21-14(4)15-9-8-13(3)16(18)12-15;/h8-9,12,14H,6-7,10-11H2,1-5H3,(H2,19,20,21);1H. The lowest BCUT2D eigenvalue weighted by molar-refractivity contribution is 0.363. The van der Waals surface area contributed by atoms with E-state index in [1.54, 1.807) is 13.0 Å². The third kappa shape index (κ3) is 7.97. The summed E-state index contributed by atoms with van der Waals surface area (Å²) in [7, 11) is 2.08. The number of aliphatic imine (C=N–C) groups is 1. The van der Waals surface area contributed by atoms with Gasteiger partial charge >= 0.3 is 0 Å². The van der Waals surface area contributed by atoms with Crippen LogP contribution in [0.4, 0.5) is 4.39 Å². The van der Waals surface area contributed by atoms with Crippen molar-refractivity contribution in [2.75, 3.05) is 33.2 Å². The number of hydrogen-bond donors (Lipinski definition) is 2. The molecule has 23 heavy (non-hydrogen) atoms. The van der Waals surface area contributed by atoms with Gasteiger partial charge in [0.1, 0.15) is 5.82 Å². The third-order valence-corrected chi connectivity index (χ3v) is 3.68.